The van der Waals surface area contributed by atoms with Gasteiger partial charge < -0.3 is 9.84 Å². The predicted molar refractivity (Wildman–Crippen MR) is 82.4 cm³/mol. The zero-order valence-electron chi connectivity index (χ0n) is 13.6. The van der Waals surface area contributed by atoms with Crippen molar-refractivity contribution in [3.05, 3.63) is 12.2 Å². The van der Waals surface area contributed by atoms with E-state index in [1.54, 1.807) is 0 Å². The summed E-state index contributed by atoms with van der Waals surface area (Å²) < 4.78 is 6.10. The van der Waals surface area contributed by atoms with Gasteiger partial charge in [-0.2, -0.15) is 0 Å². The van der Waals surface area contributed by atoms with Gasteiger partial charge in [-0.05, 0) is 63.2 Å². The Morgan fingerprint density at radius 1 is 1.35 bits per heavy atom. The van der Waals surface area contributed by atoms with Gasteiger partial charge in [0.1, 0.15) is 5.60 Å². The number of fused-ring (bicyclic) bond motifs is 1. The van der Waals surface area contributed by atoms with Crippen molar-refractivity contribution in [2.75, 3.05) is 0 Å². The highest BCUT2D eigenvalue weighted by Gasteiger charge is 2.81. The number of aliphatic carboxylic acids is 1. The van der Waals surface area contributed by atoms with Gasteiger partial charge in [-0.3, -0.25) is 9.59 Å². The van der Waals surface area contributed by atoms with Crippen LogP contribution in [-0.4, -0.2) is 22.6 Å². The molecule has 0 aromatic carbocycles. The lowest BCUT2D eigenvalue weighted by Crippen LogP contribution is -2.47. The Kier molecular flexibility index (Phi) is 2.35. The Hall–Kier alpha value is -1.32. The van der Waals surface area contributed by atoms with E-state index in [2.05, 4.69) is 6.58 Å². The van der Waals surface area contributed by atoms with Crippen LogP contribution in [0.25, 0.3) is 0 Å². The molecule has 23 heavy (non-hydrogen) atoms. The van der Waals surface area contributed by atoms with Gasteiger partial charge in [-0.1, -0.05) is 12.2 Å². The summed E-state index contributed by atoms with van der Waals surface area (Å²) >= 11 is 0. The molecule has 0 aromatic heterocycles. The first kappa shape index (κ1) is 14.1. The fourth-order valence-electron chi connectivity index (χ4n) is 7.70. The number of rotatable bonds is 1. The van der Waals surface area contributed by atoms with Gasteiger partial charge >= 0.3 is 11.9 Å². The van der Waals surface area contributed by atoms with Gasteiger partial charge in [0.05, 0.1) is 11.3 Å². The second kappa shape index (κ2) is 3.84. The predicted octanol–water partition coefficient (Wildman–Crippen LogP) is 3.17. The summed E-state index contributed by atoms with van der Waals surface area (Å²) in [7, 11) is 0. The molecule has 7 atom stereocenters. The monoisotopic (exact) mass is 316 g/mol. The number of hydrogen-bond acceptors (Lipinski definition) is 3. The Labute approximate surface area is 136 Å². The summed E-state index contributed by atoms with van der Waals surface area (Å²) in [6, 6.07) is 0. The zero-order valence-corrected chi connectivity index (χ0v) is 13.6. The lowest BCUT2D eigenvalue weighted by atomic mass is 9.60. The third-order valence-corrected chi connectivity index (χ3v) is 8.29. The minimum atomic E-state index is -0.719. The summed E-state index contributed by atoms with van der Waals surface area (Å²) in [6.45, 7) is 6.22. The summed E-state index contributed by atoms with van der Waals surface area (Å²) in [5.74, 6) is -0.771. The fourth-order valence-corrected chi connectivity index (χ4v) is 7.70. The van der Waals surface area contributed by atoms with E-state index < -0.39 is 22.9 Å². The molecular weight excluding hydrogens is 292 g/mol. The first-order chi connectivity index (χ1) is 10.9. The number of carbonyl (C=O) groups excluding carboxylic acids is 1. The van der Waals surface area contributed by atoms with E-state index in [1.165, 1.54) is 5.57 Å². The number of carboxylic acid groups (broad SMARTS) is 1. The molecule has 1 spiro atoms. The van der Waals surface area contributed by atoms with Crippen LogP contribution in [0.5, 0.6) is 0 Å². The molecule has 4 nitrogen and oxygen atoms in total. The average molecular weight is 316 g/mol. The van der Waals surface area contributed by atoms with Crippen LogP contribution in [0, 0.1) is 34.5 Å². The SMILES string of the molecule is C=C1C[C@]23C[C@H]1CC[C@@H]2[C@@]12CCC[C@@](C)(C(=O)O1)[C@H]2[C@@H]3C(=O)O. The summed E-state index contributed by atoms with van der Waals surface area (Å²) in [6.07, 6.45) is 6.45. The van der Waals surface area contributed by atoms with Gasteiger partial charge in [0.25, 0.3) is 0 Å². The fraction of sp³-hybridized carbons (Fsp3) is 0.789. The number of carbonyl (C=O) groups is 2. The molecule has 1 heterocycles. The van der Waals surface area contributed by atoms with E-state index in [0.717, 1.165) is 44.9 Å². The van der Waals surface area contributed by atoms with Crippen molar-refractivity contribution in [3.8, 4) is 0 Å². The molecule has 1 aliphatic heterocycles. The second-order valence-corrected chi connectivity index (χ2v) is 9.01. The highest BCUT2D eigenvalue weighted by atomic mass is 16.6. The molecule has 5 aliphatic rings. The van der Waals surface area contributed by atoms with Crippen LogP contribution in [-0.2, 0) is 14.3 Å². The lowest BCUT2D eigenvalue weighted by molar-refractivity contribution is -0.160. The van der Waals surface area contributed by atoms with E-state index in [-0.39, 0.29) is 23.2 Å². The highest BCUT2D eigenvalue weighted by molar-refractivity contribution is 5.84. The molecule has 5 fully saturated rings. The van der Waals surface area contributed by atoms with Crippen LogP contribution in [0.1, 0.15) is 51.9 Å². The third kappa shape index (κ3) is 1.29. The summed E-state index contributed by atoms with van der Waals surface area (Å²) in [4.78, 5) is 25.0. The molecule has 124 valence electrons. The third-order valence-electron chi connectivity index (χ3n) is 8.29. The second-order valence-electron chi connectivity index (χ2n) is 9.01. The van der Waals surface area contributed by atoms with E-state index in [0.29, 0.717) is 5.92 Å². The normalized spacial score (nSPS) is 56.2. The Morgan fingerprint density at radius 2 is 2.13 bits per heavy atom. The van der Waals surface area contributed by atoms with Crippen LogP contribution < -0.4 is 0 Å². The average Bonchev–Trinajstić information content (AvgIpc) is 2.92. The van der Waals surface area contributed by atoms with Crippen LogP contribution in [0.3, 0.4) is 0 Å². The van der Waals surface area contributed by atoms with Crippen molar-refractivity contribution in [3.63, 3.8) is 0 Å². The van der Waals surface area contributed by atoms with Crippen molar-refractivity contribution in [2.24, 2.45) is 34.5 Å². The number of carboxylic acids is 1. The standard InChI is InChI=1S/C19H24O4/c1-10-8-18-9-11(10)4-5-12(18)19-7-3-6-17(2,16(22)23-19)14(19)13(18)15(20)21/h11-14H,1,3-9H2,2H3,(H,20,21)/t11-,12+,13-,14-,17-,18+,19-/m1/s1. The molecule has 4 bridgehead atoms. The number of ether oxygens (including phenoxy) is 1. The van der Waals surface area contributed by atoms with Gasteiger partial charge in [0.15, 0.2) is 0 Å². The van der Waals surface area contributed by atoms with Gasteiger partial charge in [-0.25, -0.2) is 0 Å². The molecule has 1 N–H and O–H groups in total. The molecule has 0 aromatic rings. The van der Waals surface area contributed by atoms with E-state index in [1.807, 2.05) is 6.92 Å². The molecule has 0 amide bonds. The molecule has 5 rings (SSSR count). The van der Waals surface area contributed by atoms with Gasteiger partial charge in [0.2, 0.25) is 0 Å². The summed E-state index contributed by atoms with van der Waals surface area (Å²) in [5, 5.41) is 10.2. The maximum Gasteiger partial charge on any atom is 0.312 e. The molecule has 0 unspecified atom stereocenters. The molecule has 4 saturated carbocycles. The maximum atomic E-state index is 12.7. The van der Waals surface area contributed by atoms with Crippen LogP contribution in [0.4, 0.5) is 0 Å². The number of hydrogen-bond donors (Lipinski definition) is 1. The Morgan fingerprint density at radius 3 is 2.87 bits per heavy atom. The highest BCUT2D eigenvalue weighted by Crippen LogP contribution is 2.77. The largest absolute Gasteiger partial charge is 0.481 e. The molecule has 4 heteroatoms. The van der Waals surface area contributed by atoms with Crippen molar-refractivity contribution < 1.29 is 19.4 Å². The summed E-state index contributed by atoms with van der Waals surface area (Å²) in [5.41, 5.74) is -0.0978. The van der Waals surface area contributed by atoms with Crippen LogP contribution in [0.2, 0.25) is 0 Å². The first-order valence-corrected chi connectivity index (χ1v) is 8.99. The smallest absolute Gasteiger partial charge is 0.312 e. The lowest BCUT2D eigenvalue weighted by Gasteiger charge is -2.43. The van der Waals surface area contributed by atoms with Crippen molar-refractivity contribution in [2.45, 2.75) is 57.5 Å². The van der Waals surface area contributed by atoms with Crippen molar-refractivity contribution in [1.29, 1.82) is 0 Å². The van der Waals surface area contributed by atoms with Gasteiger partial charge in [0, 0.05) is 11.8 Å². The molecular formula is C19H24O4. The number of allylic oxidation sites excluding steroid dienone is 1. The Balaban J connectivity index is 1.75. The molecule has 4 aliphatic carbocycles. The van der Waals surface area contributed by atoms with E-state index in [4.69, 9.17) is 4.74 Å². The van der Waals surface area contributed by atoms with Crippen LogP contribution >= 0.6 is 0 Å². The zero-order chi connectivity index (χ0) is 16.2. The van der Waals surface area contributed by atoms with Gasteiger partial charge in [-0.15, -0.1) is 0 Å². The van der Waals surface area contributed by atoms with E-state index in [9.17, 15) is 14.7 Å². The molecule has 0 radical (unpaired) electrons. The van der Waals surface area contributed by atoms with Crippen molar-refractivity contribution in [1.82, 2.24) is 0 Å². The minimum absolute atomic E-state index is 0.139. The minimum Gasteiger partial charge on any atom is -0.481 e. The quantitative estimate of drug-likeness (QED) is 0.596. The molecule has 1 saturated heterocycles. The number of esters is 1. The Bertz CT molecular complexity index is 654. The first-order valence-electron chi connectivity index (χ1n) is 8.99. The van der Waals surface area contributed by atoms with Crippen LogP contribution in [0.15, 0.2) is 12.2 Å². The van der Waals surface area contributed by atoms with E-state index >= 15 is 0 Å². The van der Waals surface area contributed by atoms with Crippen molar-refractivity contribution >= 4 is 11.9 Å². The maximum absolute atomic E-state index is 12.7. The topological polar surface area (TPSA) is 63.6 Å².